The first kappa shape index (κ1) is 18.9. The lowest BCUT2D eigenvalue weighted by molar-refractivity contribution is -0.171. The van der Waals surface area contributed by atoms with Crippen molar-refractivity contribution >= 4 is 17.3 Å². The Kier molecular flexibility index (Phi) is 5.37. The largest absolute Gasteiger partial charge is 0.377 e. The van der Waals surface area contributed by atoms with Gasteiger partial charge in [-0.2, -0.15) is 11.3 Å². The van der Waals surface area contributed by atoms with Crippen LogP contribution in [0, 0.1) is 11.3 Å². The van der Waals surface area contributed by atoms with Crippen LogP contribution in [0.3, 0.4) is 0 Å². The molecular formula is C22H34N4OS. The number of ether oxygens (including phenoxy) is 1. The second-order valence-electron chi connectivity index (χ2n) is 9.10. The number of fused-ring (bicyclic) bond motifs is 2. The third kappa shape index (κ3) is 3.37. The zero-order valence-corrected chi connectivity index (χ0v) is 17.8. The molecule has 2 saturated heterocycles. The lowest BCUT2D eigenvalue weighted by Gasteiger charge is -2.63. The van der Waals surface area contributed by atoms with Gasteiger partial charge in [-0.25, -0.2) is 0 Å². The zero-order chi connectivity index (χ0) is 19.0. The van der Waals surface area contributed by atoms with Crippen molar-refractivity contribution in [3.05, 3.63) is 22.4 Å². The molecule has 2 saturated carbocycles. The van der Waals surface area contributed by atoms with E-state index in [4.69, 9.17) is 9.73 Å². The van der Waals surface area contributed by atoms with Gasteiger partial charge in [0.05, 0.1) is 6.10 Å². The topological polar surface area (TPSA) is 48.9 Å². The van der Waals surface area contributed by atoms with Gasteiger partial charge >= 0.3 is 0 Å². The summed E-state index contributed by atoms with van der Waals surface area (Å²) in [5.41, 5.74) is 1.86. The number of piperidine rings is 1. The number of nitrogens with zero attached hydrogens (tertiary/aromatic N) is 2. The molecule has 1 aromatic rings. The van der Waals surface area contributed by atoms with E-state index < -0.39 is 0 Å². The Labute approximate surface area is 172 Å². The molecule has 3 atom stereocenters. The molecule has 2 aliphatic carbocycles. The molecule has 3 unspecified atom stereocenters. The summed E-state index contributed by atoms with van der Waals surface area (Å²) < 4.78 is 6.08. The molecule has 5 rings (SSSR count). The van der Waals surface area contributed by atoms with Gasteiger partial charge in [0.15, 0.2) is 5.96 Å². The van der Waals surface area contributed by atoms with E-state index in [9.17, 15) is 0 Å². The van der Waals surface area contributed by atoms with Gasteiger partial charge in [0, 0.05) is 56.2 Å². The second kappa shape index (κ2) is 7.96. The van der Waals surface area contributed by atoms with Crippen molar-refractivity contribution in [1.82, 2.24) is 15.5 Å². The van der Waals surface area contributed by atoms with E-state index in [0.717, 1.165) is 25.7 Å². The predicted molar refractivity (Wildman–Crippen MR) is 115 cm³/mol. The highest BCUT2D eigenvalue weighted by Gasteiger charge is 2.66. The summed E-state index contributed by atoms with van der Waals surface area (Å²) in [5, 5.41) is 12.1. The Hall–Kier alpha value is -1.11. The summed E-state index contributed by atoms with van der Waals surface area (Å²) in [5.74, 6) is 1.73. The van der Waals surface area contributed by atoms with Crippen molar-refractivity contribution in [2.24, 2.45) is 16.3 Å². The fourth-order valence-corrected chi connectivity index (χ4v) is 6.62. The predicted octanol–water partition coefficient (Wildman–Crippen LogP) is 3.23. The van der Waals surface area contributed by atoms with Gasteiger partial charge in [0.25, 0.3) is 0 Å². The van der Waals surface area contributed by atoms with Crippen molar-refractivity contribution in [3.8, 4) is 0 Å². The number of hydrogen-bond acceptors (Lipinski definition) is 4. The molecule has 5 nitrogen and oxygen atoms in total. The molecule has 2 N–H and O–H groups in total. The van der Waals surface area contributed by atoms with Crippen LogP contribution in [0.4, 0.5) is 0 Å². The third-order valence-electron chi connectivity index (χ3n) is 7.56. The molecule has 28 heavy (non-hydrogen) atoms. The number of nitrogens with one attached hydrogen (secondary N) is 2. The molecule has 0 bridgehead atoms. The number of hydrogen-bond donors (Lipinski definition) is 2. The lowest BCUT2D eigenvalue weighted by atomic mass is 9.46. The Morgan fingerprint density at radius 3 is 2.82 bits per heavy atom. The fraction of sp³-hybridized carbons (Fsp3) is 0.773. The maximum absolute atomic E-state index is 6.08. The van der Waals surface area contributed by atoms with E-state index in [2.05, 4.69) is 39.3 Å². The van der Waals surface area contributed by atoms with Crippen molar-refractivity contribution in [3.63, 3.8) is 0 Å². The van der Waals surface area contributed by atoms with Crippen LogP contribution in [0.15, 0.2) is 21.8 Å². The highest BCUT2D eigenvalue weighted by Crippen LogP contribution is 2.62. The SMILES string of the molecule is CCN=C(NC1CCN(Cc2ccsc2)CC1)NC1C2CCOC2C12CCC2. The average Bonchev–Trinajstić information content (AvgIpc) is 3.31. The normalized spacial score (nSPS) is 32.6. The third-order valence-corrected chi connectivity index (χ3v) is 8.29. The van der Waals surface area contributed by atoms with E-state index in [1.54, 1.807) is 11.3 Å². The lowest BCUT2D eigenvalue weighted by Crippen LogP contribution is -2.72. The zero-order valence-electron chi connectivity index (χ0n) is 17.0. The summed E-state index contributed by atoms with van der Waals surface area (Å²) in [6, 6.07) is 3.34. The summed E-state index contributed by atoms with van der Waals surface area (Å²) in [7, 11) is 0. The van der Waals surface area contributed by atoms with E-state index in [1.165, 1.54) is 57.2 Å². The van der Waals surface area contributed by atoms with Crippen LogP contribution in [0.5, 0.6) is 0 Å². The van der Waals surface area contributed by atoms with Crippen LogP contribution in [0.25, 0.3) is 0 Å². The molecule has 1 spiro atoms. The number of aliphatic imine (C=N–C) groups is 1. The Morgan fingerprint density at radius 2 is 2.14 bits per heavy atom. The maximum Gasteiger partial charge on any atom is 0.191 e. The molecular weight excluding hydrogens is 368 g/mol. The molecule has 6 heteroatoms. The van der Waals surface area contributed by atoms with Crippen LogP contribution in [0.2, 0.25) is 0 Å². The number of rotatable bonds is 5. The molecule has 0 amide bonds. The van der Waals surface area contributed by atoms with Gasteiger partial charge in [-0.3, -0.25) is 9.89 Å². The molecule has 4 fully saturated rings. The van der Waals surface area contributed by atoms with Gasteiger partial charge < -0.3 is 15.4 Å². The van der Waals surface area contributed by atoms with E-state index in [-0.39, 0.29) is 0 Å². The first-order valence-electron chi connectivity index (χ1n) is 11.2. The van der Waals surface area contributed by atoms with Crippen LogP contribution >= 0.6 is 11.3 Å². The minimum Gasteiger partial charge on any atom is -0.377 e. The van der Waals surface area contributed by atoms with E-state index in [0.29, 0.717) is 29.5 Å². The summed E-state index contributed by atoms with van der Waals surface area (Å²) in [6.07, 6.45) is 8.13. The molecule has 4 aliphatic rings. The number of guanidine groups is 1. The first-order chi connectivity index (χ1) is 13.8. The van der Waals surface area contributed by atoms with Crippen molar-refractivity contribution in [2.75, 3.05) is 26.2 Å². The number of likely N-dealkylation sites (tertiary alicyclic amines) is 1. The quantitative estimate of drug-likeness (QED) is 0.586. The smallest absolute Gasteiger partial charge is 0.191 e. The molecule has 0 aromatic carbocycles. The molecule has 2 aliphatic heterocycles. The van der Waals surface area contributed by atoms with Crippen molar-refractivity contribution in [2.45, 2.75) is 70.2 Å². The summed E-state index contributed by atoms with van der Waals surface area (Å²) >= 11 is 1.80. The maximum atomic E-state index is 6.08. The summed E-state index contributed by atoms with van der Waals surface area (Å²) in [4.78, 5) is 7.38. The van der Waals surface area contributed by atoms with Crippen LogP contribution in [-0.4, -0.2) is 55.3 Å². The molecule has 3 heterocycles. The van der Waals surface area contributed by atoms with Crippen LogP contribution in [-0.2, 0) is 11.3 Å². The first-order valence-corrected chi connectivity index (χ1v) is 12.2. The minimum atomic E-state index is 0.404. The van der Waals surface area contributed by atoms with Crippen LogP contribution in [0.1, 0.15) is 51.0 Å². The van der Waals surface area contributed by atoms with E-state index in [1.807, 2.05) is 0 Å². The van der Waals surface area contributed by atoms with Gasteiger partial charge in [-0.15, -0.1) is 0 Å². The van der Waals surface area contributed by atoms with Crippen molar-refractivity contribution < 1.29 is 4.74 Å². The van der Waals surface area contributed by atoms with Gasteiger partial charge in [0.1, 0.15) is 0 Å². The van der Waals surface area contributed by atoms with Gasteiger partial charge in [-0.1, -0.05) is 6.42 Å². The monoisotopic (exact) mass is 402 g/mol. The Balaban J connectivity index is 1.15. The number of thiophene rings is 1. The average molecular weight is 403 g/mol. The minimum absolute atomic E-state index is 0.404. The fourth-order valence-electron chi connectivity index (χ4n) is 5.96. The van der Waals surface area contributed by atoms with Crippen LogP contribution < -0.4 is 10.6 Å². The molecule has 0 radical (unpaired) electrons. The highest BCUT2D eigenvalue weighted by atomic mass is 32.1. The van der Waals surface area contributed by atoms with Gasteiger partial charge in [0.2, 0.25) is 0 Å². The van der Waals surface area contributed by atoms with Crippen molar-refractivity contribution in [1.29, 1.82) is 0 Å². The Morgan fingerprint density at radius 1 is 1.29 bits per heavy atom. The van der Waals surface area contributed by atoms with Gasteiger partial charge in [-0.05, 0) is 61.4 Å². The summed E-state index contributed by atoms with van der Waals surface area (Å²) in [6.45, 7) is 7.34. The Bertz CT molecular complexity index is 679. The molecule has 154 valence electrons. The highest BCUT2D eigenvalue weighted by molar-refractivity contribution is 7.07. The molecule has 1 aromatic heterocycles. The standard InChI is InChI=1S/C22H34N4OS/c1-2-23-21(25-19-18-6-12-27-20(18)22(19)8-3-9-22)24-17-4-10-26(11-5-17)14-16-7-13-28-15-16/h7,13,15,17-20H,2-6,8-12,14H2,1H3,(H2,23,24,25). The van der Waals surface area contributed by atoms with E-state index >= 15 is 0 Å². The second-order valence-corrected chi connectivity index (χ2v) is 9.88.